The first-order chi connectivity index (χ1) is 12.5. The van der Waals surface area contributed by atoms with Gasteiger partial charge in [0, 0.05) is 37.1 Å². The highest BCUT2D eigenvalue weighted by Gasteiger charge is 2.27. The summed E-state index contributed by atoms with van der Waals surface area (Å²) in [6.45, 7) is 5.63. The number of carbonyl (C=O) groups excluding carboxylic acids is 1. The van der Waals surface area contributed by atoms with Crippen LogP contribution in [0.15, 0.2) is 24.3 Å². The quantitative estimate of drug-likeness (QED) is 0.842. The van der Waals surface area contributed by atoms with Gasteiger partial charge >= 0.3 is 0 Å². The zero-order valence-corrected chi connectivity index (χ0v) is 16.4. The van der Waals surface area contributed by atoms with Crippen LogP contribution in [-0.4, -0.2) is 41.5 Å². The number of benzene rings is 1. The summed E-state index contributed by atoms with van der Waals surface area (Å²) in [5.41, 5.74) is 1.13. The molecule has 2 aromatic rings. The highest BCUT2D eigenvalue weighted by atomic mass is 32.1. The van der Waals surface area contributed by atoms with Gasteiger partial charge in [0.2, 0.25) is 11.0 Å². The number of nitrogens with one attached hydrogen (secondary N) is 1. The van der Waals surface area contributed by atoms with Crippen LogP contribution >= 0.6 is 11.5 Å². The van der Waals surface area contributed by atoms with Gasteiger partial charge in [-0.3, -0.25) is 4.79 Å². The fourth-order valence-corrected chi connectivity index (χ4v) is 3.90. The minimum atomic E-state index is 0.0249. The third-order valence-electron chi connectivity index (χ3n) is 4.45. The minimum Gasteiger partial charge on any atom is -0.497 e. The van der Waals surface area contributed by atoms with Crippen molar-refractivity contribution in [3.8, 4) is 5.75 Å². The lowest BCUT2D eigenvalue weighted by molar-refractivity contribution is -0.125. The molecule has 1 N–H and O–H groups in total. The van der Waals surface area contributed by atoms with Crippen LogP contribution in [0.2, 0.25) is 0 Å². The minimum absolute atomic E-state index is 0.0249. The Balaban J connectivity index is 1.64. The zero-order valence-electron chi connectivity index (χ0n) is 15.6. The summed E-state index contributed by atoms with van der Waals surface area (Å²) in [5, 5.41) is 3.93. The van der Waals surface area contributed by atoms with E-state index in [1.807, 2.05) is 32.0 Å². The molecule has 1 saturated heterocycles. The van der Waals surface area contributed by atoms with Crippen LogP contribution in [0.4, 0.5) is 5.13 Å². The van der Waals surface area contributed by atoms with Crippen molar-refractivity contribution in [3.63, 3.8) is 0 Å². The molecule has 26 heavy (non-hydrogen) atoms. The fraction of sp³-hybridized carbons (Fsp3) is 0.526. The molecule has 1 fully saturated rings. The molecule has 1 atom stereocenters. The molecule has 1 aliphatic heterocycles. The van der Waals surface area contributed by atoms with E-state index < -0.39 is 0 Å². The molecule has 0 unspecified atom stereocenters. The maximum Gasteiger partial charge on any atom is 0.225 e. The number of piperidine rings is 1. The van der Waals surface area contributed by atoms with Crippen molar-refractivity contribution in [3.05, 3.63) is 35.7 Å². The van der Waals surface area contributed by atoms with Gasteiger partial charge in [-0.2, -0.15) is 4.37 Å². The van der Waals surface area contributed by atoms with Crippen LogP contribution in [-0.2, 0) is 11.2 Å². The SMILES string of the molecule is COc1cccc(Cc2nsc(N3CCC[C@@H](C(=O)NC(C)C)C3)n2)c1. The van der Waals surface area contributed by atoms with E-state index in [9.17, 15) is 4.79 Å². The maximum absolute atomic E-state index is 12.3. The lowest BCUT2D eigenvalue weighted by atomic mass is 9.97. The van der Waals surface area contributed by atoms with E-state index in [0.717, 1.165) is 41.7 Å². The van der Waals surface area contributed by atoms with E-state index in [1.54, 1.807) is 7.11 Å². The molecule has 7 heteroatoms. The highest BCUT2D eigenvalue weighted by molar-refractivity contribution is 7.09. The van der Waals surface area contributed by atoms with Crippen LogP contribution < -0.4 is 15.0 Å². The second kappa shape index (κ2) is 8.49. The first kappa shape index (κ1) is 18.6. The molecule has 1 aromatic heterocycles. The van der Waals surface area contributed by atoms with E-state index >= 15 is 0 Å². The Bertz CT molecular complexity index is 747. The number of anilines is 1. The van der Waals surface area contributed by atoms with Crippen molar-refractivity contribution >= 4 is 22.6 Å². The average molecular weight is 375 g/mol. The number of ether oxygens (including phenoxy) is 1. The molecule has 3 rings (SSSR count). The Morgan fingerprint density at radius 3 is 3.08 bits per heavy atom. The second-order valence-corrected chi connectivity index (χ2v) is 7.70. The van der Waals surface area contributed by atoms with Gasteiger partial charge in [-0.15, -0.1) is 0 Å². The maximum atomic E-state index is 12.3. The van der Waals surface area contributed by atoms with Crippen LogP contribution in [0.1, 0.15) is 38.1 Å². The third-order valence-corrected chi connectivity index (χ3v) is 5.26. The summed E-state index contributed by atoms with van der Waals surface area (Å²) in [7, 11) is 1.67. The van der Waals surface area contributed by atoms with Crippen molar-refractivity contribution in [2.75, 3.05) is 25.1 Å². The molecule has 1 aliphatic rings. The summed E-state index contributed by atoms with van der Waals surface area (Å²) in [6.07, 6.45) is 2.62. The number of amides is 1. The van der Waals surface area contributed by atoms with Crippen LogP contribution in [0.5, 0.6) is 5.75 Å². The molecule has 0 spiro atoms. The molecule has 0 saturated carbocycles. The first-order valence-corrected chi connectivity index (χ1v) is 9.83. The Hall–Kier alpha value is -2.15. The molecule has 1 amide bonds. The van der Waals surface area contributed by atoms with Crippen molar-refractivity contribution in [2.24, 2.45) is 5.92 Å². The van der Waals surface area contributed by atoms with E-state index in [2.05, 4.69) is 20.7 Å². The van der Waals surface area contributed by atoms with Gasteiger partial charge in [0.05, 0.1) is 13.0 Å². The van der Waals surface area contributed by atoms with Crippen molar-refractivity contribution in [2.45, 2.75) is 39.2 Å². The number of methoxy groups -OCH3 is 1. The molecule has 0 aliphatic carbocycles. The van der Waals surface area contributed by atoms with Gasteiger partial charge in [0.25, 0.3) is 0 Å². The average Bonchev–Trinajstić information content (AvgIpc) is 3.10. The molecule has 1 aromatic carbocycles. The number of hydrogen-bond acceptors (Lipinski definition) is 6. The van der Waals surface area contributed by atoms with Crippen LogP contribution in [0, 0.1) is 5.92 Å². The smallest absolute Gasteiger partial charge is 0.225 e. The van der Waals surface area contributed by atoms with Crippen molar-refractivity contribution in [1.82, 2.24) is 14.7 Å². The summed E-state index contributed by atoms with van der Waals surface area (Å²) in [6, 6.07) is 8.14. The van der Waals surface area contributed by atoms with Crippen molar-refractivity contribution < 1.29 is 9.53 Å². The fourth-order valence-electron chi connectivity index (χ4n) is 3.18. The van der Waals surface area contributed by atoms with Crippen LogP contribution in [0.25, 0.3) is 0 Å². The summed E-state index contributed by atoms with van der Waals surface area (Å²) >= 11 is 1.41. The van der Waals surface area contributed by atoms with Crippen LogP contribution in [0.3, 0.4) is 0 Å². The first-order valence-electron chi connectivity index (χ1n) is 9.06. The summed E-state index contributed by atoms with van der Waals surface area (Å²) in [5.74, 6) is 1.82. The van der Waals surface area contributed by atoms with E-state index in [-0.39, 0.29) is 17.9 Å². The van der Waals surface area contributed by atoms with E-state index in [1.165, 1.54) is 11.5 Å². The van der Waals surface area contributed by atoms with E-state index in [0.29, 0.717) is 13.0 Å². The lowest BCUT2D eigenvalue weighted by Gasteiger charge is -2.31. The Kier molecular flexibility index (Phi) is 6.08. The number of nitrogens with zero attached hydrogens (tertiary/aromatic N) is 3. The number of rotatable bonds is 6. The molecular formula is C19H26N4O2S. The summed E-state index contributed by atoms with van der Waals surface area (Å²) in [4.78, 5) is 19.2. The zero-order chi connectivity index (χ0) is 18.5. The number of carbonyl (C=O) groups is 1. The largest absolute Gasteiger partial charge is 0.497 e. The molecular weight excluding hydrogens is 348 g/mol. The van der Waals surface area contributed by atoms with Gasteiger partial charge in [-0.1, -0.05) is 12.1 Å². The predicted octanol–water partition coefficient (Wildman–Crippen LogP) is 2.88. The number of hydrogen-bond donors (Lipinski definition) is 1. The molecule has 0 radical (unpaired) electrons. The van der Waals surface area contributed by atoms with Gasteiger partial charge in [0.15, 0.2) is 0 Å². The number of aromatic nitrogens is 2. The van der Waals surface area contributed by atoms with Gasteiger partial charge < -0.3 is 15.0 Å². The lowest BCUT2D eigenvalue weighted by Crippen LogP contribution is -2.44. The van der Waals surface area contributed by atoms with Crippen molar-refractivity contribution in [1.29, 1.82) is 0 Å². The third kappa shape index (κ3) is 4.72. The predicted molar refractivity (Wildman–Crippen MR) is 104 cm³/mol. The monoisotopic (exact) mass is 374 g/mol. The Labute approximate surface area is 158 Å². The van der Waals surface area contributed by atoms with Gasteiger partial charge in [0.1, 0.15) is 11.6 Å². The van der Waals surface area contributed by atoms with Gasteiger partial charge in [-0.25, -0.2) is 4.98 Å². The topological polar surface area (TPSA) is 67.3 Å². The van der Waals surface area contributed by atoms with Gasteiger partial charge in [-0.05, 0) is 44.4 Å². The van der Waals surface area contributed by atoms with E-state index in [4.69, 9.17) is 9.72 Å². The molecule has 2 heterocycles. The standard InChI is InChI=1S/C19H26N4O2S/c1-13(2)20-18(24)15-7-5-9-23(12-15)19-21-17(22-26-19)11-14-6-4-8-16(10-14)25-3/h4,6,8,10,13,15H,5,7,9,11-12H2,1-3H3,(H,20,24)/t15-/m1/s1. The molecule has 0 bridgehead atoms. The Morgan fingerprint density at radius 1 is 1.46 bits per heavy atom. The molecule has 140 valence electrons. The highest BCUT2D eigenvalue weighted by Crippen LogP contribution is 2.26. The normalized spacial score (nSPS) is 17.4. The Morgan fingerprint density at radius 2 is 2.31 bits per heavy atom. The molecule has 6 nitrogen and oxygen atoms in total. The summed E-state index contributed by atoms with van der Waals surface area (Å²) < 4.78 is 9.78. The second-order valence-electron chi connectivity index (χ2n) is 6.97.